The molecule has 0 saturated heterocycles. The fourth-order valence-corrected chi connectivity index (χ4v) is 1.58. The Morgan fingerprint density at radius 1 is 1.50 bits per heavy atom. The zero-order chi connectivity index (χ0) is 11.4. The van der Waals surface area contributed by atoms with E-state index in [1.54, 1.807) is 23.4 Å². The molecule has 2 heterocycles. The van der Waals surface area contributed by atoms with Gasteiger partial charge in [0, 0.05) is 18.4 Å². The number of nitrogens with zero attached hydrogens (tertiary/aromatic N) is 4. The molecule has 1 atom stereocenters. The van der Waals surface area contributed by atoms with Crippen LogP contribution in [0.25, 0.3) is 0 Å². The van der Waals surface area contributed by atoms with Gasteiger partial charge in [-0.3, -0.25) is 9.67 Å². The van der Waals surface area contributed by atoms with Crippen LogP contribution in [-0.2, 0) is 6.54 Å². The van der Waals surface area contributed by atoms with E-state index in [1.165, 1.54) is 6.33 Å². The van der Waals surface area contributed by atoms with Crippen molar-refractivity contribution in [1.29, 1.82) is 0 Å². The molecule has 0 aliphatic rings. The van der Waals surface area contributed by atoms with Gasteiger partial charge in [0.25, 0.3) is 0 Å². The molecular formula is C10H12ClN5. The first-order valence-corrected chi connectivity index (χ1v) is 5.32. The molecule has 0 saturated carbocycles. The standard InChI is InChI=1S/C10H12ClN5/c1-8(5-16-7-13-6-14-16)15-10-2-3-12-4-9(10)11/h2-4,6-8H,5H2,1H3,(H,12,15). The van der Waals surface area contributed by atoms with Gasteiger partial charge in [0.15, 0.2) is 0 Å². The molecule has 5 nitrogen and oxygen atoms in total. The van der Waals surface area contributed by atoms with Crippen molar-refractivity contribution in [2.24, 2.45) is 0 Å². The molecule has 1 N–H and O–H groups in total. The van der Waals surface area contributed by atoms with E-state index < -0.39 is 0 Å². The first-order valence-electron chi connectivity index (χ1n) is 4.94. The number of rotatable bonds is 4. The normalized spacial score (nSPS) is 12.4. The van der Waals surface area contributed by atoms with Crippen molar-refractivity contribution < 1.29 is 0 Å². The van der Waals surface area contributed by atoms with Crippen LogP contribution in [0.2, 0.25) is 5.02 Å². The SMILES string of the molecule is CC(Cn1cncn1)Nc1ccncc1Cl. The second kappa shape index (κ2) is 4.94. The summed E-state index contributed by atoms with van der Waals surface area (Å²) in [6.07, 6.45) is 6.53. The molecule has 0 spiro atoms. The van der Waals surface area contributed by atoms with Crippen LogP contribution in [-0.4, -0.2) is 25.8 Å². The minimum absolute atomic E-state index is 0.210. The van der Waals surface area contributed by atoms with E-state index in [2.05, 4.69) is 27.3 Å². The lowest BCUT2D eigenvalue weighted by atomic mass is 10.3. The Bertz CT molecular complexity index is 442. The molecule has 0 amide bonds. The Balaban J connectivity index is 1.97. The summed E-state index contributed by atoms with van der Waals surface area (Å²) >= 11 is 5.99. The molecule has 0 aliphatic heterocycles. The summed E-state index contributed by atoms with van der Waals surface area (Å²) in [6.45, 7) is 2.79. The fourth-order valence-electron chi connectivity index (χ4n) is 1.41. The number of pyridine rings is 1. The van der Waals surface area contributed by atoms with Crippen molar-refractivity contribution >= 4 is 17.3 Å². The van der Waals surface area contributed by atoms with Gasteiger partial charge in [0.2, 0.25) is 0 Å². The molecule has 6 heteroatoms. The highest BCUT2D eigenvalue weighted by Crippen LogP contribution is 2.19. The van der Waals surface area contributed by atoms with Crippen molar-refractivity contribution in [3.8, 4) is 0 Å². The maximum absolute atomic E-state index is 5.99. The van der Waals surface area contributed by atoms with Crippen LogP contribution < -0.4 is 5.32 Å². The van der Waals surface area contributed by atoms with Gasteiger partial charge < -0.3 is 5.32 Å². The van der Waals surface area contributed by atoms with E-state index in [9.17, 15) is 0 Å². The van der Waals surface area contributed by atoms with Gasteiger partial charge in [-0.15, -0.1) is 0 Å². The van der Waals surface area contributed by atoms with Crippen molar-refractivity contribution in [1.82, 2.24) is 19.7 Å². The van der Waals surface area contributed by atoms with E-state index in [1.807, 2.05) is 6.07 Å². The van der Waals surface area contributed by atoms with Crippen LogP contribution in [0, 0.1) is 0 Å². The average Bonchev–Trinajstić information content (AvgIpc) is 2.74. The minimum Gasteiger partial charge on any atom is -0.379 e. The van der Waals surface area contributed by atoms with E-state index in [0.29, 0.717) is 5.02 Å². The molecular weight excluding hydrogens is 226 g/mol. The molecule has 2 aromatic rings. The van der Waals surface area contributed by atoms with Gasteiger partial charge in [0.1, 0.15) is 12.7 Å². The lowest BCUT2D eigenvalue weighted by Gasteiger charge is -2.15. The molecule has 16 heavy (non-hydrogen) atoms. The predicted molar refractivity (Wildman–Crippen MR) is 62.4 cm³/mol. The minimum atomic E-state index is 0.210. The predicted octanol–water partition coefficient (Wildman–Crippen LogP) is 1.83. The zero-order valence-electron chi connectivity index (χ0n) is 8.84. The Labute approximate surface area is 98.5 Å². The highest BCUT2D eigenvalue weighted by molar-refractivity contribution is 6.33. The third-order valence-electron chi connectivity index (χ3n) is 2.10. The Kier molecular flexibility index (Phi) is 3.36. The number of nitrogens with one attached hydrogen (secondary N) is 1. The fraction of sp³-hybridized carbons (Fsp3) is 0.300. The summed E-state index contributed by atoms with van der Waals surface area (Å²) in [5.41, 5.74) is 0.879. The Hall–Kier alpha value is -1.62. The quantitative estimate of drug-likeness (QED) is 0.882. The largest absolute Gasteiger partial charge is 0.379 e. The molecule has 0 bridgehead atoms. The van der Waals surface area contributed by atoms with Crippen LogP contribution in [0.3, 0.4) is 0 Å². The summed E-state index contributed by atoms with van der Waals surface area (Å²) < 4.78 is 1.77. The highest BCUT2D eigenvalue weighted by Gasteiger charge is 2.05. The van der Waals surface area contributed by atoms with E-state index in [4.69, 9.17) is 11.6 Å². The average molecular weight is 238 g/mol. The second-order valence-electron chi connectivity index (χ2n) is 3.52. The molecule has 2 rings (SSSR count). The third-order valence-corrected chi connectivity index (χ3v) is 2.40. The van der Waals surface area contributed by atoms with Crippen LogP contribution in [0.1, 0.15) is 6.92 Å². The molecule has 0 aromatic carbocycles. The van der Waals surface area contributed by atoms with E-state index in [-0.39, 0.29) is 6.04 Å². The van der Waals surface area contributed by atoms with Crippen LogP contribution in [0.5, 0.6) is 0 Å². The molecule has 84 valence electrons. The number of anilines is 1. The van der Waals surface area contributed by atoms with Gasteiger partial charge in [-0.05, 0) is 13.0 Å². The van der Waals surface area contributed by atoms with Gasteiger partial charge in [-0.2, -0.15) is 5.10 Å². The van der Waals surface area contributed by atoms with Crippen molar-refractivity contribution in [2.75, 3.05) is 5.32 Å². The molecule has 2 aromatic heterocycles. The molecule has 0 aliphatic carbocycles. The summed E-state index contributed by atoms with van der Waals surface area (Å²) in [5.74, 6) is 0. The Morgan fingerprint density at radius 2 is 2.38 bits per heavy atom. The van der Waals surface area contributed by atoms with Crippen molar-refractivity contribution in [3.05, 3.63) is 36.1 Å². The molecule has 0 radical (unpaired) electrons. The van der Waals surface area contributed by atoms with Crippen molar-refractivity contribution in [3.63, 3.8) is 0 Å². The maximum atomic E-state index is 5.99. The van der Waals surface area contributed by atoms with E-state index in [0.717, 1.165) is 12.2 Å². The van der Waals surface area contributed by atoms with Gasteiger partial charge in [-0.25, -0.2) is 4.98 Å². The van der Waals surface area contributed by atoms with Gasteiger partial charge >= 0.3 is 0 Å². The topological polar surface area (TPSA) is 55.6 Å². The first kappa shape index (κ1) is 10.9. The van der Waals surface area contributed by atoms with Crippen LogP contribution in [0.4, 0.5) is 5.69 Å². The molecule has 0 fully saturated rings. The maximum Gasteiger partial charge on any atom is 0.137 e. The Morgan fingerprint density at radius 3 is 3.06 bits per heavy atom. The number of aromatic nitrogens is 4. The third kappa shape index (κ3) is 2.70. The highest BCUT2D eigenvalue weighted by atomic mass is 35.5. The number of hydrogen-bond donors (Lipinski definition) is 1. The lowest BCUT2D eigenvalue weighted by molar-refractivity contribution is 0.559. The van der Waals surface area contributed by atoms with Crippen molar-refractivity contribution in [2.45, 2.75) is 19.5 Å². The van der Waals surface area contributed by atoms with E-state index >= 15 is 0 Å². The van der Waals surface area contributed by atoms with Crippen LogP contribution in [0.15, 0.2) is 31.1 Å². The summed E-state index contributed by atoms with van der Waals surface area (Å²) in [4.78, 5) is 7.82. The zero-order valence-corrected chi connectivity index (χ0v) is 9.59. The van der Waals surface area contributed by atoms with Gasteiger partial charge in [0.05, 0.1) is 17.3 Å². The van der Waals surface area contributed by atoms with Crippen LogP contribution >= 0.6 is 11.6 Å². The smallest absolute Gasteiger partial charge is 0.137 e. The number of halogens is 1. The van der Waals surface area contributed by atoms with Gasteiger partial charge in [-0.1, -0.05) is 11.6 Å². The summed E-state index contributed by atoms with van der Waals surface area (Å²) in [7, 11) is 0. The lowest BCUT2D eigenvalue weighted by Crippen LogP contribution is -2.22. The summed E-state index contributed by atoms with van der Waals surface area (Å²) in [5, 5.41) is 7.95. The molecule has 1 unspecified atom stereocenters. The first-order chi connectivity index (χ1) is 7.75. The summed E-state index contributed by atoms with van der Waals surface area (Å²) in [6, 6.07) is 2.06. The second-order valence-corrected chi connectivity index (χ2v) is 3.93. The monoisotopic (exact) mass is 237 g/mol. The number of hydrogen-bond acceptors (Lipinski definition) is 4.